The Hall–Kier alpha value is -1.15. The maximum Gasteiger partial charge on any atom is 0.119 e. The Morgan fingerprint density at radius 3 is 2.64 bits per heavy atom. The predicted octanol–water partition coefficient (Wildman–Crippen LogP) is 3.15. The molecule has 2 unspecified atom stereocenters. The van der Waals surface area contributed by atoms with Crippen LogP contribution in [-0.2, 0) is 0 Å². The first-order valence-corrected chi connectivity index (χ1v) is 9.76. The Bertz CT molecular complexity index is 677. The highest BCUT2D eigenvalue weighted by atomic mass is 127. The molecule has 0 aromatic heterocycles. The summed E-state index contributed by atoms with van der Waals surface area (Å²) in [6.07, 6.45) is 1.01. The smallest absolute Gasteiger partial charge is 0.119 e. The topological polar surface area (TPSA) is 52.9 Å². The molecule has 0 saturated carbocycles. The van der Waals surface area contributed by atoms with Crippen LogP contribution in [0.4, 0.5) is 0 Å². The Morgan fingerprint density at radius 1 is 1.16 bits per heavy atom. The van der Waals surface area contributed by atoms with E-state index in [1.54, 1.807) is 0 Å². The average molecular weight is 453 g/mol. The molecule has 2 aromatic carbocycles. The van der Waals surface area contributed by atoms with Crippen molar-refractivity contribution in [3.63, 3.8) is 0 Å². The number of hydrogen-bond donors (Lipinski definition) is 2. The van der Waals surface area contributed by atoms with Gasteiger partial charge in [0.25, 0.3) is 0 Å². The van der Waals surface area contributed by atoms with E-state index in [0.717, 1.165) is 30.7 Å². The first-order valence-electron chi connectivity index (χ1n) is 8.68. The van der Waals surface area contributed by atoms with Gasteiger partial charge >= 0.3 is 0 Å². The van der Waals surface area contributed by atoms with Gasteiger partial charge in [0.2, 0.25) is 0 Å². The molecule has 0 bridgehead atoms. The van der Waals surface area contributed by atoms with Gasteiger partial charge in [0.15, 0.2) is 0 Å². The molecule has 4 nitrogen and oxygen atoms in total. The molecular formula is C20H24INO3. The maximum absolute atomic E-state index is 10.2. The zero-order chi connectivity index (χ0) is 17.6. The van der Waals surface area contributed by atoms with Crippen molar-refractivity contribution in [2.45, 2.75) is 25.0 Å². The van der Waals surface area contributed by atoms with Gasteiger partial charge in [-0.25, -0.2) is 0 Å². The normalized spacial score (nSPS) is 19.6. The van der Waals surface area contributed by atoms with Crippen molar-refractivity contribution in [1.29, 1.82) is 0 Å². The van der Waals surface area contributed by atoms with Gasteiger partial charge in [-0.15, -0.1) is 0 Å². The minimum atomic E-state index is -0.556. The third-order valence-electron chi connectivity index (χ3n) is 4.43. The van der Waals surface area contributed by atoms with E-state index in [-0.39, 0.29) is 12.7 Å². The van der Waals surface area contributed by atoms with Gasteiger partial charge in [-0.3, -0.25) is 4.90 Å². The van der Waals surface area contributed by atoms with Crippen molar-refractivity contribution < 1.29 is 14.9 Å². The van der Waals surface area contributed by atoms with Crippen LogP contribution in [0.15, 0.2) is 48.5 Å². The Labute approximate surface area is 162 Å². The molecule has 2 N–H and O–H groups in total. The zero-order valence-corrected chi connectivity index (χ0v) is 16.3. The second-order valence-electron chi connectivity index (χ2n) is 6.52. The van der Waals surface area contributed by atoms with E-state index in [1.807, 2.05) is 36.4 Å². The fraction of sp³-hybridized carbons (Fsp3) is 0.400. The molecule has 2 atom stereocenters. The van der Waals surface area contributed by atoms with E-state index in [9.17, 15) is 10.2 Å². The van der Waals surface area contributed by atoms with E-state index in [2.05, 4.69) is 39.6 Å². The summed E-state index contributed by atoms with van der Waals surface area (Å²) < 4.78 is 6.93. The van der Waals surface area contributed by atoms with Gasteiger partial charge in [0.1, 0.15) is 18.5 Å². The fourth-order valence-electron chi connectivity index (χ4n) is 3.17. The molecule has 0 aliphatic carbocycles. The molecule has 0 amide bonds. The zero-order valence-electron chi connectivity index (χ0n) is 14.1. The summed E-state index contributed by atoms with van der Waals surface area (Å²) >= 11 is 2.34. The van der Waals surface area contributed by atoms with Crippen molar-refractivity contribution in [3.05, 3.63) is 52.1 Å². The van der Waals surface area contributed by atoms with Crippen molar-refractivity contribution in [1.82, 2.24) is 4.90 Å². The molecule has 1 saturated heterocycles. The first-order chi connectivity index (χ1) is 12.1. The van der Waals surface area contributed by atoms with Gasteiger partial charge in [0, 0.05) is 16.7 Å². The number of halogens is 1. The second kappa shape index (κ2) is 8.98. The highest BCUT2D eigenvalue weighted by molar-refractivity contribution is 14.1. The van der Waals surface area contributed by atoms with Crippen molar-refractivity contribution in [2.24, 2.45) is 0 Å². The van der Waals surface area contributed by atoms with Gasteiger partial charge in [0.05, 0.1) is 6.10 Å². The van der Waals surface area contributed by atoms with Crippen LogP contribution in [0.2, 0.25) is 0 Å². The van der Waals surface area contributed by atoms with E-state index >= 15 is 0 Å². The number of aliphatic hydroxyl groups excluding tert-OH is 2. The van der Waals surface area contributed by atoms with Crippen LogP contribution in [0.5, 0.6) is 5.75 Å². The van der Waals surface area contributed by atoms with E-state index in [1.165, 1.54) is 9.13 Å². The van der Waals surface area contributed by atoms with Crippen LogP contribution in [0.3, 0.4) is 0 Å². The second-order valence-corrected chi connectivity index (χ2v) is 7.69. The van der Waals surface area contributed by atoms with Gasteiger partial charge in [-0.2, -0.15) is 0 Å². The summed E-state index contributed by atoms with van der Waals surface area (Å²) in [7, 11) is 0. The largest absolute Gasteiger partial charge is 0.491 e. The maximum atomic E-state index is 10.2. The molecule has 1 aliphatic rings. The van der Waals surface area contributed by atoms with Crippen LogP contribution in [0.1, 0.15) is 12.8 Å². The lowest BCUT2D eigenvalue weighted by Crippen LogP contribution is -2.43. The van der Waals surface area contributed by atoms with E-state index in [4.69, 9.17) is 4.74 Å². The molecule has 0 spiro atoms. The summed E-state index contributed by atoms with van der Waals surface area (Å²) in [4.78, 5) is 2.10. The summed E-state index contributed by atoms with van der Waals surface area (Å²) in [5.41, 5.74) is 2.36. The lowest BCUT2D eigenvalue weighted by atomic mass is 10.1. The van der Waals surface area contributed by atoms with E-state index < -0.39 is 6.10 Å². The minimum Gasteiger partial charge on any atom is -0.491 e. The van der Waals surface area contributed by atoms with Crippen LogP contribution < -0.4 is 4.74 Å². The fourth-order valence-corrected chi connectivity index (χ4v) is 3.86. The summed E-state index contributed by atoms with van der Waals surface area (Å²) in [5, 5.41) is 19.9. The Balaban J connectivity index is 1.51. The molecule has 2 aromatic rings. The molecule has 1 heterocycles. The summed E-state index contributed by atoms with van der Waals surface area (Å²) in [6.45, 7) is 2.37. The lowest BCUT2D eigenvalue weighted by molar-refractivity contribution is 0.0243. The number of rotatable bonds is 6. The average Bonchev–Trinajstić information content (AvgIpc) is 2.61. The number of benzene rings is 2. The van der Waals surface area contributed by atoms with Crippen molar-refractivity contribution in [3.8, 4) is 16.9 Å². The van der Waals surface area contributed by atoms with Gasteiger partial charge in [-0.05, 0) is 71.3 Å². The highest BCUT2D eigenvalue weighted by Crippen LogP contribution is 2.26. The molecule has 1 aliphatic heterocycles. The third-order valence-corrected chi connectivity index (χ3v) is 5.37. The van der Waals surface area contributed by atoms with Crippen molar-refractivity contribution in [2.75, 3.05) is 26.2 Å². The summed E-state index contributed by atoms with van der Waals surface area (Å²) in [5.74, 6) is 0.757. The molecule has 134 valence electrons. The SMILES string of the molecule is OC1CCCN(CC(O)COc2ccc(-c3ccccc3I)cc2)C1. The monoisotopic (exact) mass is 453 g/mol. The number of hydrogen-bond acceptors (Lipinski definition) is 4. The molecule has 5 heteroatoms. The third kappa shape index (κ3) is 5.41. The number of ether oxygens (including phenoxy) is 1. The molecular weight excluding hydrogens is 429 g/mol. The lowest BCUT2D eigenvalue weighted by Gasteiger charge is -2.31. The molecule has 0 radical (unpaired) electrons. The minimum absolute atomic E-state index is 0.259. The number of likely N-dealkylation sites (tertiary alicyclic amines) is 1. The Morgan fingerprint density at radius 2 is 1.92 bits per heavy atom. The Kier molecular flexibility index (Phi) is 6.70. The number of β-amino-alcohol motifs (C(OH)–C–C–N with tert-alkyl or cyclic N) is 2. The van der Waals surface area contributed by atoms with E-state index in [0.29, 0.717) is 13.1 Å². The van der Waals surface area contributed by atoms with Crippen LogP contribution in [0.25, 0.3) is 11.1 Å². The quantitative estimate of drug-likeness (QED) is 0.661. The molecule has 1 fully saturated rings. The highest BCUT2D eigenvalue weighted by Gasteiger charge is 2.20. The molecule has 3 rings (SSSR count). The van der Waals surface area contributed by atoms with Crippen LogP contribution >= 0.6 is 22.6 Å². The van der Waals surface area contributed by atoms with Crippen LogP contribution in [0, 0.1) is 3.57 Å². The van der Waals surface area contributed by atoms with Crippen molar-refractivity contribution >= 4 is 22.6 Å². The van der Waals surface area contributed by atoms with Gasteiger partial charge in [-0.1, -0.05) is 30.3 Å². The van der Waals surface area contributed by atoms with Crippen LogP contribution in [-0.4, -0.2) is 53.6 Å². The number of nitrogens with zero attached hydrogens (tertiary/aromatic N) is 1. The first kappa shape index (κ1) is 18.6. The summed E-state index contributed by atoms with van der Waals surface area (Å²) in [6, 6.07) is 16.2. The number of piperidine rings is 1. The number of aliphatic hydroxyl groups is 2. The molecule has 25 heavy (non-hydrogen) atoms. The standard InChI is InChI=1S/C20H24INO3/c21-20-6-2-1-5-19(20)15-7-9-18(10-8-15)25-14-17(24)13-22-11-3-4-16(23)12-22/h1-2,5-10,16-17,23-24H,3-4,11-14H2. The van der Waals surface area contributed by atoms with Gasteiger partial charge < -0.3 is 14.9 Å². The predicted molar refractivity (Wildman–Crippen MR) is 108 cm³/mol.